The molecule has 2 aromatic carbocycles. The summed E-state index contributed by atoms with van der Waals surface area (Å²) in [5.74, 6) is 1.17. The van der Waals surface area contributed by atoms with Gasteiger partial charge in [-0.3, -0.25) is 0 Å². The normalized spacial score (nSPS) is 15.4. The maximum atomic E-state index is 13.9. The smallest absolute Gasteiger partial charge is 0.264 e. The first kappa shape index (κ1) is 27.5. The molecule has 0 saturated heterocycles. The molecule has 1 aliphatic heterocycles. The van der Waals surface area contributed by atoms with Crippen LogP contribution < -0.4 is 9.46 Å². The van der Waals surface area contributed by atoms with Crippen molar-refractivity contribution in [3.8, 4) is 5.75 Å². The minimum absolute atomic E-state index is 0.0551. The summed E-state index contributed by atoms with van der Waals surface area (Å²) in [5, 5.41) is 0. The number of guanidine groups is 1. The van der Waals surface area contributed by atoms with Gasteiger partial charge in [-0.1, -0.05) is 28.1 Å². The van der Waals surface area contributed by atoms with E-state index in [4.69, 9.17) is 9.73 Å². The number of rotatable bonds is 6. The monoisotopic (exact) mass is 563 g/mol. The zero-order valence-electron chi connectivity index (χ0n) is 22.3. The van der Waals surface area contributed by atoms with E-state index < -0.39 is 10.0 Å². The molecular formula is C27H38BrN3O3S. The second-order valence-electron chi connectivity index (χ2n) is 10.5. The standard InChI is InChI=1S/C27H38BrN3O3S/c1-16(2)31(17(3)4)26(29-15-21-10-12-22(28)13-11-21)30-35(32,33)25-19(6)18(5)24-23(20(25)7)14-27(8,9)34-24/h10-13,16-17H,14-15H2,1-9H3,(H,29,30). The average molecular weight is 565 g/mol. The number of benzene rings is 2. The predicted molar refractivity (Wildman–Crippen MR) is 147 cm³/mol. The van der Waals surface area contributed by atoms with Gasteiger partial charge in [-0.05, 0) is 96.7 Å². The lowest BCUT2D eigenvalue weighted by Crippen LogP contribution is -2.50. The van der Waals surface area contributed by atoms with Crippen molar-refractivity contribution in [1.82, 2.24) is 9.62 Å². The highest BCUT2D eigenvalue weighted by molar-refractivity contribution is 9.10. The highest BCUT2D eigenvalue weighted by Gasteiger charge is 2.37. The molecule has 2 aromatic rings. The van der Waals surface area contributed by atoms with Gasteiger partial charge in [0.15, 0.2) is 0 Å². The summed E-state index contributed by atoms with van der Waals surface area (Å²) in [7, 11) is -3.91. The van der Waals surface area contributed by atoms with Crippen molar-refractivity contribution >= 4 is 31.9 Å². The Labute approximate surface area is 219 Å². The summed E-state index contributed by atoms with van der Waals surface area (Å²) >= 11 is 3.46. The van der Waals surface area contributed by atoms with E-state index in [1.54, 1.807) is 0 Å². The fourth-order valence-corrected chi connectivity index (χ4v) is 6.69. The Bertz CT molecular complexity index is 1230. The van der Waals surface area contributed by atoms with Gasteiger partial charge in [-0.15, -0.1) is 0 Å². The van der Waals surface area contributed by atoms with Gasteiger partial charge < -0.3 is 9.64 Å². The molecule has 0 aliphatic carbocycles. The molecule has 0 bridgehead atoms. The fourth-order valence-electron chi connectivity index (χ4n) is 4.83. The largest absolute Gasteiger partial charge is 0.487 e. The third kappa shape index (κ3) is 5.85. The van der Waals surface area contributed by atoms with Gasteiger partial charge in [0, 0.05) is 28.5 Å². The minimum Gasteiger partial charge on any atom is -0.487 e. The number of sulfonamides is 1. The van der Waals surface area contributed by atoms with Crippen LogP contribution in [0.5, 0.6) is 5.75 Å². The average Bonchev–Trinajstić information content (AvgIpc) is 3.06. The van der Waals surface area contributed by atoms with E-state index in [1.807, 2.05) is 91.5 Å². The molecule has 0 spiro atoms. The van der Waals surface area contributed by atoms with Crippen LogP contribution in [0.2, 0.25) is 0 Å². The highest BCUT2D eigenvalue weighted by Crippen LogP contribution is 2.43. The molecule has 0 fully saturated rings. The van der Waals surface area contributed by atoms with Crippen molar-refractivity contribution in [2.75, 3.05) is 0 Å². The van der Waals surface area contributed by atoms with E-state index in [1.165, 1.54) is 0 Å². The third-order valence-corrected chi connectivity index (χ3v) is 8.60. The van der Waals surface area contributed by atoms with Crippen LogP contribution in [0.1, 0.15) is 69.4 Å². The zero-order valence-corrected chi connectivity index (χ0v) is 24.7. The maximum absolute atomic E-state index is 13.9. The Kier molecular flexibility index (Phi) is 7.97. The van der Waals surface area contributed by atoms with E-state index in [2.05, 4.69) is 20.7 Å². The second-order valence-corrected chi connectivity index (χ2v) is 13.1. The van der Waals surface area contributed by atoms with Crippen LogP contribution in [0.15, 0.2) is 38.6 Å². The Morgan fingerprint density at radius 2 is 1.63 bits per heavy atom. The van der Waals surface area contributed by atoms with Gasteiger partial charge in [-0.2, -0.15) is 0 Å². The molecule has 0 saturated carbocycles. The Hall–Kier alpha value is -2.06. The second kappa shape index (κ2) is 10.1. The first-order valence-corrected chi connectivity index (χ1v) is 14.3. The van der Waals surface area contributed by atoms with Crippen LogP contribution in [0.4, 0.5) is 0 Å². The van der Waals surface area contributed by atoms with E-state index >= 15 is 0 Å². The molecule has 35 heavy (non-hydrogen) atoms. The minimum atomic E-state index is -3.91. The number of hydrogen-bond acceptors (Lipinski definition) is 4. The van der Waals surface area contributed by atoms with Crippen LogP contribution in [-0.2, 0) is 23.0 Å². The topological polar surface area (TPSA) is 71.0 Å². The first-order valence-electron chi connectivity index (χ1n) is 12.1. The lowest BCUT2D eigenvalue weighted by atomic mass is 9.94. The predicted octanol–water partition coefficient (Wildman–Crippen LogP) is 6.04. The molecule has 0 radical (unpaired) electrons. The quantitative estimate of drug-likeness (QED) is 0.343. The third-order valence-electron chi connectivity index (χ3n) is 6.47. The van der Waals surface area contributed by atoms with E-state index in [9.17, 15) is 8.42 Å². The molecule has 1 aliphatic rings. The molecule has 1 N–H and O–H groups in total. The molecule has 0 amide bonds. The molecule has 1 heterocycles. The summed E-state index contributed by atoms with van der Waals surface area (Å²) in [5.41, 5.74) is 3.93. The van der Waals surface area contributed by atoms with Crippen molar-refractivity contribution in [2.45, 2.75) is 97.9 Å². The van der Waals surface area contributed by atoms with Gasteiger partial charge in [0.2, 0.25) is 5.96 Å². The van der Waals surface area contributed by atoms with Crippen LogP contribution in [0, 0.1) is 20.8 Å². The van der Waals surface area contributed by atoms with Crippen molar-refractivity contribution in [2.24, 2.45) is 4.99 Å². The van der Waals surface area contributed by atoms with E-state index in [0.717, 1.165) is 32.5 Å². The van der Waals surface area contributed by atoms with Gasteiger partial charge >= 0.3 is 0 Å². The zero-order chi connectivity index (χ0) is 26.3. The number of fused-ring (bicyclic) bond motifs is 1. The number of aliphatic imine (C=N–C) groups is 1. The first-order chi connectivity index (χ1) is 16.1. The van der Waals surface area contributed by atoms with Crippen LogP contribution in [0.25, 0.3) is 0 Å². The number of halogens is 1. The van der Waals surface area contributed by atoms with Crippen molar-refractivity contribution in [1.29, 1.82) is 0 Å². The highest BCUT2D eigenvalue weighted by atomic mass is 79.9. The molecule has 8 heteroatoms. The molecule has 0 unspecified atom stereocenters. The van der Waals surface area contributed by atoms with Crippen LogP contribution in [0.3, 0.4) is 0 Å². The Balaban J connectivity index is 2.08. The SMILES string of the molecule is Cc1c(C)c(S(=O)(=O)NC(=NCc2ccc(Br)cc2)N(C(C)C)C(C)C)c(C)c2c1OC(C)(C)C2. The molecular weight excluding hydrogens is 526 g/mol. The molecule has 6 nitrogen and oxygen atoms in total. The van der Waals surface area contributed by atoms with E-state index in [-0.39, 0.29) is 17.7 Å². The van der Waals surface area contributed by atoms with E-state index in [0.29, 0.717) is 29.4 Å². The lowest BCUT2D eigenvalue weighted by Gasteiger charge is -2.34. The lowest BCUT2D eigenvalue weighted by molar-refractivity contribution is 0.137. The van der Waals surface area contributed by atoms with Crippen molar-refractivity contribution in [3.05, 3.63) is 56.6 Å². The fraction of sp³-hybridized carbons (Fsp3) is 0.519. The van der Waals surface area contributed by atoms with Crippen molar-refractivity contribution < 1.29 is 13.2 Å². The summed E-state index contributed by atoms with van der Waals surface area (Å²) in [6.07, 6.45) is 0.673. The maximum Gasteiger partial charge on any atom is 0.264 e. The Morgan fingerprint density at radius 3 is 2.17 bits per heavy atom. The molecule has 192 valence electrons. The number of nitrogens with one attached hydrogen (secondary N) is 1. The summed E-state index contributed by atoms with van der Waals surface area (Å²) < 4.78 is 37.9. The van der Waals surface area contributed by atoms with Crippen LogP contribution in [-0.4, -0.2) is 37.0 Å². The molecule has 0 atom stereocenters. The van der Waals surface area contributed by atoms with Gasteiger partial charge in [0.05, 0.1) is 11.4 Å². The van der Waals surface area contributed by atoms with Gasteiger partial charge in [-0.25, -0.2) is 18.1 Å². The van der Waals surface area contributed by atoms with Crippen LogP contribution >= 0.6 is 15.9 Å². The number of nitrogens with zero attached hydrogens (tertiary/aromatic N) is 2. The molecule has 3 rings (SSSR count). The number of ether oxygens (including phenoxy) is 1. The number of hydrogen-bond donors (Lipinski definition) is 1. The summed E-state index contributed by atoms with van der Waals surface area (Å²) in [4.78, 5) is 7.09. The van der Waals surface area contributed by atoms with Gasteiger partial charge in [0.1, 0.15) is 11.4 Å². The van der Waals surface area contributed by atoms with Crippen molar-refractivity contribution in [3.63, 3.8) is 0 Å². The Morgan fingerprint density at radius 1 is 1.06 bits per heavy atom. The van der Waals surface area contributed by atoms with Gasteiger partial charge in [0.25, 0.3) is 10.0 Å². The molecule has 0 aromatic heterocycles. The summed E-state index contributed by atoms with van der Waals surface area (Å²) in [6.45, 7) is 18.3. The summed E-state index contributed by atoms with van der Waals surface area (Å²) in [6, 6.07) is 7.99.